The van der Waals surface area contributed by atoms with Crippen molar-refractivity contribution in [2.24, 2.45) is 5.41 Å². The zero-order valence-electron chi connectivity index (χ0n) is 19.9. The summed E-state index contributed by atoms with van der Waals surface area (Å²) < 4.78 is 5.67. The van der Waals surface area contributed by atoms with Gasteiger partial charge in [-0.1, -0.05) is 61.4 Å². The molecule has 0 bridgehead atoms. The van der Waals surface area contributed by atoms with Crippen LogP contribution in [0.4, 0.5) is 4.79 Å². The molecule has 0 radical (unpaired) electrons. The van der Waals surface area contributed by atoms with E-state index >= 15 is 0 Å². The summed E-state index contributed by atoms with van der Waals surface area (Å²) in [5.41, 5.74) is 3.99. The molecule has 2 amide bonds. The minimum absolute atomic E-state index is 0.0160. The maximum absolute atomic E-state index is 13.6. The first-order valence-corrected chi connectivity index (χ1v) is 12.6. The van der Waals surface area contributed by atoms with E-state index in [0.717, 1.165) is 36.8 Å². The van der Waals surface area contributed by atoms with E-state index in [1.54, 1.807) is 4.90 Å². The second-order valence-electron chi connectivity index (χ2n) is 10.0. The molecule has 2 aromatic carbocycles. The molecule has 35 heavy (non-hydrogen) atoms. The number of carbonyl (C=O) groups is 3. The van der Waals surface area contributed by atoms with Crippen molar-refractivity contribution in [1.29, 1.82) is 0 Å². The highest BCUT2D eigenvalue weighted by atomic mass is 16.5. The van der Waals surface area contributed by atoms with E-state index < -0.39 is 17.5 Å². The van der Waals surface area contributed by atoms with Gasteiger partial charge in [-0.25, -0.2) is 4.79 Å². The van der Waals surface area contributed by atoms with Crippen molar-refractivity contribution in [3.63, 3.8) is 0 Å². The number of carbonyl (C=O) groups excluding carboxylic acids is 2. The van der Waals surface area contributed by atoms with Crippen LogP contribution < -0.4 is 5.32 Å². The van der Waals surface area contributed by atoms with Gasteiger partial charge in [0.25, 0.3) is 0 Å². The molecule has 7 heteroatoms. The van der Waals surface area contributed by atoms with Crippen LogP contribution in [0.25, 0.3) is 11.1 Å². The molecule has 2 fully saturated rings. The molecule has 2 N–H and O–H groups in total. The Labute approximate surface area is 205 Å². The third-order valence-electron chi connectivity index (χ3n) is 7.74. The molecular weight excluding hydrogens is 444 g/mol. The molecule has 0 heterocycles. The molecule has 3 aliphatic carbocycles. The van der Waals surface area contributed by atoms with Crippen LogP contribution in [0.1, 0.15) is 62.0 Å². The quantitative estimate of drug-likeness (QED) is 0.554. The number of carboxylic acids is 1. The Balaban J connectivity index is 1.22. The Morgan fingerprint density at radius 3 is 2.14 bits per heavy atom. The predicted octanol–water partition coefficient (Wildman–Crippen LogP) is 4.55. The molecule has 0 aliphatic heterocycles. The lowest BCUT2D eigenvalue weighted by molar-refractivity contribution is -0.144. The third kappa shape index (κ3) is 4.77. The first-order valence-electron chi connectivity index (χ1n) is 12.6. The van der Waals surface area contributed by atoms with Crippen molar-refractivity contribution < 1.29 is 24.2 Å². The lowest BCUT2D eigenvalue weighted by atomic mass is 9.84. The number of nitrogens with one attached hydrogen (secondary N) is 1. The summed E-state index contributed by atoms with van der Waals surface area (Å²) in [6.45, 7) is 0.679. The molecule has 2 saturated carbocycles. The number of rotatable bonds is 9. The molecule has 0 aromatic heterocycles. The lowest BCUT2D eigenvalue weighted by Gasteiger charge is -2.34. The van der Waals surface area contributed by atoms with Crippen molar-refractivity contribution in [3.05, 3.63) is 59.7 Å². The van der Waals surface area contributed by atoms with Crippen LogP contribution in [0.5, 0.6) is 0 Å². The maximum atomic E-state index is 13.6. The second kappa shape index (κ2) is 9.72. The second-order valence-corrected chi connectivity index (χ2v) is 10.0. The fourth-order valence-electron chi connectivity index (χ4n) is 5.77. The van der Waals surface area contributed by atoms with Crippen LogP contribution in [0.3, 0.4) is 0 Å². The molecule has 3 aliphatic rings. The van der Waals surface area contributed by atoms with Gasteiger partial charge in [0.15, 0.2) is 0 Å². The molecule has 5 rings (SSSR count). The van der Waals surface area contributed by atoms with Gasteiger partial charge in [-0.15, -0.1) is 0 Å². The van der Waals surface area contributed by atoms with E-state index in [0.29, 0.717) is 12.8 Å². The topological polar surface area (TPSA) is 95.9 Å². The molecule has 184 valence electrons. The number of hydrogen-bond donors (Lipinski definition) is 2. The number of ether oxygens (including phenoxy) is 1. The summed E-state index contributed by atoms with van der Waals surface area (Å²) in [6.07, 6.45) is 4.51. The number of carboxylic acid groups (broad SMARTS) is 1. The Bertz CT molecular complexity index is 1070. The number of aliphatic carboxylic acids is 1. The van der Waals surface area contributed by atoms with E-state index in [2.05, 4.69) is 29.6 Å². The van der Waals surface area contributed by atoms with Gasteiger partial charge < -0.3 is 20.1 Å². The number of hydrogen-bond acceptors (Lipinski definition) is 4. The molecule has 0 spiro atoms. The fourth-order valence-corrected chi connectivity index (χ4v) is 5.77. The Morgan fingerprint density at radius 2 is 1.57 bits per heavy atom. The van der Waals surface area contributed by atoms with E-state index in [1.165, 1.54) is 11.1 Å². The number of alkyl carbamates (subject to hydrolysis) is 1. The highest BCUT2D eigenvalue weighted by molar-refractivity contribution is 5.85. The smallest absolute Gasteiger partial charge is 0.407 e. The van der Waals surface area contributed by atoms with E-state index in [4.69, 9.17) is 9.84 Å². The zero-order valence-corrected chi connectivity index (χ0v) is 19.9. The molecule has 0 unspecified atom stereocenters. The Morgan fingerprint density at radius 1 is 0.971 bits per heavy atom. The van der Waals surface area contributed by atoms with Crippen molar-refractivity contribution in [2.45, 2.75) is 56.9 Å². The van der Waals surface area contributed by atoms with Crippen molar-refractivity contribution in [2.75, 3.05) is 19.7 Å². The number of fused-ring (bicyclic) bond motifs is 3. The first-order chi connectivity index (χ1) is 17.0. The monoisotopic (exact) mass is 476 g/mol. The third-order valence-corrected chi connectivity index (χ3v) is 7.74. The van der Waals surface area contributed by atoms with Crippen LogP contribution in [-0.2, 0) is 14.3 Å². The molecular formula is C28H32N2O5. The van der Waals surface area contributed by atoms with E-state index in [-0.39, 0.29) is 44.0 Å². The molecule has 2 aromatic rings. The van der Waals surface area contributed by atoms with Gasteiger partial charge in [0.2, 0.25) is 5.91 Å². The van der Waals surface area contributed by atoms with Crippen LogP contribution in [0, 0.1) is 5.41 Å². The zero-order chi connectivity index (χ0) is 24.4. The van der Waals surface area contributed by atoms with Crippen molar-refractivity contribution in [3.8, 4) is 11.1 Å². The minimum Gasteiger partial charge on any atom is -0.481 e. The van der Waals surface area contributed by atoms with Crippen molar-refractivity contribution in [1.82, 2.24) is 10.2 Å². The molecule has 7 nitrogen and oxygen atoms in total. The first kappa shape index (κ1) is 23.4. The largest absolute Gasteiger partial charge is 0.481 e. The van der Waals surface area contributed by atoms with E-state index in [1.807, 2.05) is 24.3 Å². The number of benzene rings is 2. The number of amides is 2. The highest BCUT2D eigenvalue weighted by Gasteiger charge is 2.47. The average molecular weight is 477 g/mol. The van der Waals surface area contributed by atoms with E-state index in [9.17, 15) is 14.4 Å². The average Bonchev–Trinajstić information content (AvgIpc) is 3.49. The van der Waals surface area contributed by atoms with Gasteiger partial charge in [-0.05, 0) is 47.9 Å². The summed E-state index contributed by atoms with van der Waals surface area (Å²) in [5, 5.41) is 12.0. The van der Waals surface area contributed by atoms with Crippen molar-refractivity contribution >= 4 is 18.0 Å². The standard InChI is InChI=1S/C28H32N2O5/c31-25(32)13-16-30(19-11-12-19)26(33)28(14-5-6-15-28)18-29-27(34)35-17-24-22-9-3-1-7-20(22)21-8-2-4-10-23(21)24/h1-4,7-10,19,24H,5-6,11-18H2,(H,29,34)(H,31,32). The van der Waals surface area contributed by atoms with Crippen LogP contribution >= 0.6 is 0 Å². The fraction of sp³-hybridized carbons (Fsp3) is 0.464. The number of nitrogens with zero attached hydrogens (tertiary/aromatic N) is 1. The maximum Gasteiger partial charge on any atom is 0.407 e. The molecule has 0 atom stereocenters. The minimum atomic E-state index is -0.902. The SMILES string of the molecule is O=C(O)CCN(C(=O)C1(CNC(=O)OCC2c3ccccc3-c3ccccc32)CCCC1)C1CC1. The van der Waals surface area contributed by atoms with Gasteiger partial charge in [0.1, 0.15) is 6.61 Å². The summed E-state index contributed by atoms with van der Waals surface area (Å²) in [7, 11) is 0. The van der Waals surface area contributed by atoms with Crippen LogP contribution in [0.2, 0.25) is 0 Å². The van der Waals surface area contributed by atoms with Gasteiger partial charge >= 0.3 is 12.1 Å². The normalized spacial score (nSPS) is 17.9. The summed E-state index contributed by atoms with van der Waals surface area (Å²) in [5.74, 6) is -0.935. The summed E-state index contributed by atoms with van der Waals surface area (Å²) in [6, 6.07) is 16.5. The van der Waals surface area contributed by atoms with Gasteiger partial charge in [0.05, 0.1) is 11.8 Å². The Kier molecular flexibility index (Phi) is 6.50. The van der Waals surface area contributed by atoms with Gasteiger partial charge in [0, 0.05) is 25.0 Å². The summed E-state index contributed by atoms with van der Waals surface area (Å²) in [4.78, 5) is 39.2. The van der Waals surface area contributed by atoms with Gasteiger partial charge in [-0.3, -0.25) is 9.59 Å². The predicted molar refractivity (Wildman–Crippen MR) is 131 cm³/mol. The Hall–Kier alpha value is -3.35. The van der Waals surface area contributed by atoms with Gasteiger partial charge in [-0.2, -0.15) is 0 Å². The molecule has 0 saturated heterocycles. The summed E-state index contributed by atoms with van der Waals surface area (Å²) >= 11 is 0. The van der Waals surface area contributed by atoms with Crippen LogP contribution in [-0.4, -0.2) is 53.7 Å². The highest BCUT2D eigenvalue weighted by Crippen LogP contribution is 2.45. The van der Waals surface area contributed by atoms with Crippen LogP contribution in [0.15, 0.2) is 48.5 Å². The lowest BCUT2D eigenvalue weighted by Crippen LogP contribution is -2.50.